The lowest BCUT2D eigenvalue weighted by Gasteiger charge is -2.26. The highest BCUT2D eigenvalue weighted by atomic mass is 16.5. The van der Waals surface area contributed by atoms with Crippen LogP contribution in [0.25, 0.3) is 11.2 Å². The fraction of sp³-hybridized carbons (Fsp3) is 0.450. The average molecular weight is 368 g/mol. The Hall–Kier alpha value is -2.67. The average Bonchev–Trinajstić information content (AvgIpc) is 3.29. The molecular weight excluding hydrogens is 344 g/mol. The first kappa shape index (κ1) is 17.7. The standard InChI is InChI=1S/C20H24N4O3/c1-14-21-19(18-20(22-14)27-15(2)23-18)24(13-17-9-6-11-25-17)10-12-26-16-7-4-3-5-8-16/h3-5,7-8,17H,6,9-13H2,1-2H3. The molecule has 1 saturated heterocycles. The maximum Gasteiger partial charge on any atom is 0.252 e. The van der Waals surface area contributed by atoms with Gasteiger partial charge in [0.15, 0.2) is 17.2 Å². The lowest BCUT2D eigenvalue weighted by molar-refractivity contribution is 0.115. The van der Waals surface area contributed by atoms with Crippen LogP contribution in [-0.2, 0) is 4.74 Å². The van der Waals surface area contributed by atoms with Crippen LogP contribution < -0.4 is 9.64 Å². The minimum Gasteiger partial charge on any atom is -0.492 e. The summed E-state index contributed by atoms with van der Waals surface area (Å²) in [6.45, 7) is 6.47. The van der Waals surface area contributed by atoms with E-state index in [9.17, 15) is 0 Å². The molecule has 0 saturated carbocycles. The van der Waals surface area contributed by atoms with E-state index < -0.39 is 0 Å². The molecular formula is C20H24N4O3. The predicted molar refractivity (Wildman–Crippen MR) is 102 cm³/mol. The van der Waals surface area contributed by atoms with Crippen molar-refractivity contribution in [2.75, 3.05) is 31.2 Å². The van der Waals surface area contributed by atoms with Crippen molar-refractivity contribution in [3.8, 4) is 5.75 Å². The van der Waals surface area contributed by atoms with E-state index >= 15 is 0 Å². The van der Waals surface area contributed by atoms with Crippen molar-refractivity contribution in [1.82, 2.24) is 15.0 Å². The minimum atomic E-state index is 0.194. The molecule has 1 aliphatic rings. The molecule has 0 spiro atoms. The van der Waals surface area contributed by atoms with E-state index in [2.05, 4.69) is 19.9 Å². The van der Waals surface area contributed by atoms with Crippen LogP contribution in [0.2, 0.25) is 0 Å². The van der Waals surface area contributed by atoms with Gasteiger partial charge in [-0.2, -0.15) is 4.98 Å². The number of fused-ring (bicyclic) bond motifs is 1. The number of para-hydroxylation sites is 1. The molecule has 142 valence electrons. The minimum absolute atomic E-state index is 0.194. The van der Waals surface area contributed by atoms with Crippen LogP contribution in [-0.4, -0.2) is 47.4 Å². The van der Waals surface area contributed by atoms with E-state index in [1.54, 1.807) is 0 Å². The van der Waals surface area contributed by atoms with Crippen molar-refractivity contribution in [1.29, 1.82) is 0 Å². The molecule has 7 heteroatoms. The molecule has 2 aromatic heterocycles. The largest absolute Gasteiger partial charge is 0.492 e. The van der Waals surface area contributed by atoms with Crippen molar-refractivity contribution in [3.63, 3.8) is 0 Å². The van der Waals surface area contributed by atoms with E-state index in [1.807, 2.05) is 44.2 Å². The molecule has 1 atom stereocenters. The van der Waals surface area contributed by atoms with Gasteiger partial charge in [-0.25, -0.2) is 9.97 Å². The van der Waals surface area contributed by atoms with Crippen LogP contribution in [0.4, 0.5) is 5.82 Å². The predicted octanol–water partition coefficient (Wildman–Crippen LogP) is 3.30. The highest BCUT2D eigenvalue weighted by Gasteiger charge is 2.24. The number of benzene rings is 1. The summed E-state index contributed by atoms with van der Waals surface area (Å²) in [5.74, 6) is 2.89. The molecule has 1 aliphatic heterocycles. The molecule has 27 heavy (non-hydrogen) atoms. The topological polar surface area (TPSA) is 73.5 Å². The Bertz CT molecular complexity index is 891. The zero-order valence-electron chi connectivity index (χ0n) is 15.7. The van der Waals surface area contributed by atoms with Crippen LogP contribution >= 0.6 is 0 Å². The summed E-state index contributed by atoms with van der Waals surface area (Å²) in [4.78, 5) is 15.7. The van der Waals surface area contributed by atoms with Gasteiger partial charge in [0.05, 0.1) is 12.6 Å². The SMILES string of the molecule is Cc1nc(N(CCOc2ccccc2)CC2CCCO2)c2nc(C)oc2n1. The first-order chi connectivity index (χ1) is 13.2. The Morgan fingerprint density at radius 2 is 2.00 bits per heavy atom. The highest BCUT2D eigenvalue weighted by Crippen LogP contribution is 2.26. The van der Waals surface area contributed by atoms with Crippen molar-refractivity contribution >= 4 is 17.0 Å². The zero-order valence-corrected chi connectivity index (χ0v) is 15.7. The Morgan fingerprint density at radius 3 is 2.78 bits per heavy atom. The molecule has 4 rings (SSSR count). The summed E-state index contributed by atoms with van der Waals surface area (Å²) in [5, 5.41) is 0. The fourth-order valence-electron chi connectivity index (χ4n) is 3.34. The number of hydrogen-bond acceptors (Lipinski definition) is 7. The molecule has 1 aromatic carbocycles. The molecule has 0 aliphatic carbocycles. The second-order valence-corrected chi connectivity index (χ2v) is 6.72. The zero-order chi connectivity index (χ0) is 18.6. The number of hydrogen-bond donors (Lipinski definition) is 0. The Labute approximate surface area is 158 Å². The van der Waals surface area contributed by atoms with Crippen molar-refractivity contribution in [2.24, 2.45) is 0 Å². The smallest absolute Gasteiger partial charge is 0.252 e. The second-order valence-electron chi connectivity index (χ2n) is 6.72. The van der Waals surface area contributed by atoms with Gasteiger partial charge >= 0.3 is 0 Å². The molecule has 7 nitrogen and oxygen atoms in total. The van der Waals surface area contributed by atoms with Crippen LogP contribution in [0.3, 0.4) is 0 Å². The lowest BCUT2D eigenvalue weighted by atomic mass is 10.2. The number of ether oxygens (including phenoxy) is 2. The van der Waals surface area contributed by atoms with Gasteiger partial charge < -0.3 is 18.8 Å². The van der Waals surface area contributed by atoms with Gasteiger partial charge in [-0.05, 0) is 31.9 Å². The second kappa shape index (κ2) is 7.92. The number of aryl methyl sites for hydroxylation is 2. The third kappa shape index (κ3) is 4.19. The van der Waals surface area contributed by atoms with Gasteiger partial charge in [-0.3, -0.25) is 0 Å². The highest BCUT2D eigenvalue weighted by molar-refractivity contribution is 5.82. The molecule has 3 aromatic rings. The summed E-state index contributed by atoms with van der Waals surface area (Å²) in [5.41, 5.74) is 1.21. The summed E-state index contributed by atoms with van der Waals surface area (Å²) >= 11 is 0. The summed E-state index contributed by atoms with van der Waals surface area (Å²) < 4.78 is 17.4. The van der Waals surface area contributed by atoms with E-state index in [4.69, 9.17) is 13.9 Å². The van der Waals surface area contributed by atoms with E-state index in [-0.39, 0.29) is 6.10 Å². The van der Waals surface area contributed by atoms with Crippen LogP contribution in [0.5, 0.6) is 5.75 Å². The first-order valence-electron chi connectivity index (χ1n) is 9.35. The Balaban J connectivity index is 1.57. The number of anilines is 1. The quantitative estimate of drug-likeness (QED) is 0.633. The third-order valence-electron chi connectivity index (χ3n) is 4.58. The molecule has 1 unspecified atom stereocenters. The number of rotatable bonds is 7. The molecule has 1 fully saturated rings. The summed E-state index contributed by atoms with van der Waals surface area (Å²) in [6, 6.07) is 9.82. The number of oxazole rings is 1. The van der Waals surface area contributed by atoms with Gasteiger partial charge in [-0.15, -0.1) is 0 Å². The van der Waals surface area contributed by atoms with E-state index in [1.165, 1.54) is 0 Å². The van der Waals surface area contributed by atoms with Crippen molar-refractivity contribution in [3.05, 3.63) is 42.0 Å². The normalized spacial score (nSPS) is 16.7. The van der Waals surface area contributed by atoms with Gasteiger partial charge in [0.2, 0.25) is 0 Å². The van der Waals surface area contributed by atoms with Crippen LogP contribution in [0.15, 0.2) is 34.7 Å². The fourth-order valence-corrected chi connectivity index (χ4v) is 3.34. The molecule has 0 radical (unpaired) electrons. The maximum atomic E-state index is 5.90. The number of nitrogens with zero attached hydrogens (tertiary/aromatic N) is 4. The van der Waals surface area contributed by atoms with Crippen molar-refractivity contribution < 1.29 is 13.9 Å². The van der Waals surface area contributed by atoms with E-state index in [0.29, 0.717) is 36.1 Å². The van der Waals surface area contributed by atoms with Gasteiger partial charge in [0.25, 0.3) is 5.71 Å². The monoisotopic (exact) mass is 368 g/mol. The van der Waals surface area contributed by atoms with Crippen LogP contribution in [0.1, 0.15) is 24.6 Å². The van der Waals surface area contributed by atoms with Crippen molar-refractivity contribution in [2.45, 2.75) is 32.8 Å². The van der Waals surface area contributed by atoms with Gasteiger partial charge in [0.1, 0.15) is 18.2 Å². The van der Waals surface area contributed by atoms with Gasteiger partial charge in [0, 0.05) is 20.1 Å². The molecule has 0 bridgehead atoms. The van der Waals surface area contributed by atoms with E-state index in [0.717, 1.165) is 37.6 Å². The Kier molecular flexibility index (Phi) is 5.20. The lowest BCUT2D eigenvalue weighted by Crippen LogP contribution is -2.36. The molecule has 0 amide bonds. The van der Waals surface area contributed by atoms with Crippen LogP contribution in [0, 0.1) is 13.8 Å². The van der Waals surface area contributed by atoms with Gasteiger partial charge in [-0.1, -0.05) is 18.2 Å². The Morgan fingerprint density at radius 1 is 1.15 bits per heavy atom. The molecule has 3 heterocycles. The summed E-state index contributed by atoms with van der Waals surface area (Å²) in [6.07, 6.45) is 2.35. The summed E-state index contributed by atoms with van der Waals surface area (Å²) in [7, 11) is 0. The maximum absolute atomic E-state index is 5.90. The number of aromatic nitrogens is 3. The molecule has 0 N–H and O–H groups in total. The first-order valence-corrected chi connectivity index (χ1v) is 9.35. The third-order valence-corrected chi connectivity index (χ3v) is 4.58.